The minimum absolute atomic E-state index is 0.132. The second-order valence-electron chi connectivity index (χ2n) is 6.06. The Balaban J connectivity index is 1.55. The highest BCUT2D eigenvalue weighted by atomic mass is 32.2. The summed E-state index contributed by atoms with van der Waals surface area (Å²) < 4.78 is 27.6. The minimum atomic E-state index is -3.51. The van der Waals surface area contributed by atoms with Gasteiger partial charge in [0.1, 0.15) is 0 Å². The minimum Gasteiger partial charge on any atom is -0.326 e. The first-order chi connectivity index (χ1) is 9.12. The van der Waals surface area contributed by atoms with Crippen LogP contribution in [0.3, 0.4) is 0 Å². The summed E-state index contributed by atoms with van der Waals surface area (Å²) in [5.41, 5.74) is 6.07. The highest BCUT2D eigenvalue weighted by Gasteiger charge is 2.65. The molecular formula is C12H18N4O2S. The molecule has 3 saturated carbocycles. The number of nitrogens with two attached hydrogens (primary N) is 1. The predicted molar refractivity (Wildman–Crippen MR) is 68.4 cm³/mol. The summed E-state index contributed by atoms with van der Waals surface area (Å²) in [4.78, 5) is 0. The van der Waals surface area contributed by atoms with Crippen LogP contribution in [-0.4, -0.2) is 24.7 Å². The average Bonchev–Trinajstić information content (AvgIpc) is 2.87. The standard InChI is InChI=1S/C12H18N4O2S/c13-4-8-5-14-15-12(8)19(17,18)16-11-9-6-1-2-7(3-6)10(9)11/h5-7,9-11,16H,1-4,13H2,(H,14,15). The lowest BCUT2D eigenvalue weighted by molar-refractivity contribution is 0.456. The molecule has 0 radical (unpaired) electrons. The van der Waals surface area contributed by atoms with Crippen LogP contribution < -0.4 is 10.5 Å². The van der Waals surface area contributed by atoms with Crippen molar-refractivity contribution < 1.29 is 8.42 Å². The zero-order valence-corrected chi connectivity index (χ0v) is 11.4. The molecule has 6 nitrogen and oxygen atoms in total. The number of fused-ring (bicyclic) bond motifs is 5. The molecule has 3 fully saturated rings. The number of nitrogens with one attached hydrogen (secondary N) is 2. The lowest BCUT2D eigenvalue weighted by Gasteiger charge is -2.11. The molecule has 2 bridgehead atoms. The van der Waals surface area contributed by atoms with E-state index in [9.17, 15) is 8.42 Å². The van der Waals surface area contributed by atoms with E-state index >= 15 is 0 Å². The molecule has 4 N–H and O–H groups in total. The maximum atomic E-state index is 12.4. The molecule has 4 unspecified atom stereocenters. The van der Waals surface area contributed by atoms with Gasteiger partial charge in [-0.3, -0.25) is 5.10 Å². The first-order valence-electron chi connectivity index (χ1n) is 6.86. The highest BCUT2D eigenvalue weighted by molar-refractivity contribution is 7.89. The van der Waals surface area contributed by atoms with Gasteiger partial charge in [0.2, 0.25) is 0 Å². The van der Waals surface area contributed by atoms with Gasteiger partial charge in [-0.2, -0.15) is 5.10 Å². The third kappa shape index (κ3) is 1.61. The van der Waals surface area contributed by atoms with Gasteiger partial charge in [0.15, 0.2) is 5.03 Å². The molecule has 1 aromatic heterocycles. The van der Waals surface area contributed by atoms with Crippen molar-refractivity contribution in [2.45, 2.75) is 36.9 Å². The summed E-state index contributed by atoms with van der Waals surface area (Å²) in [6, 6.07) is 0.144. The Morgan fingerprint density at radius 2 is 2.05 bits per heavy atom. The smallest absolute Gasteiger partial charge is 0.258 e. The quantitative estimate of drug-likeness (QED) is 0.734. The zero-order chi connectivity index (χ0) is 13.2. The van der Waals surface area contributed by atoms with Gasteiger partial charge < -0.3 is 5.73 Å². The molecule has 0 saturated heterocycles. The van der Waals surface area contributed by atoms with E-state index in [1.807, 2.05) is 0 Å². The van der Waals surface area contributed by atoms with Crippen LogP contribution >= 0.6 is 0 Å². The van der Waals surface area contributed by atoms with Crippen LogP contribution in [0.15, 0.2) is 11.2 Å². The van der Waals surface area contributed by atoms with Gasteiger partial charge >= 0.3 is 0 Å². The zero-order valence-electron chi connectivity index (χ0n) is 10.5. The predicted octanol–water partition coefficient (Wildman–Crippen LogP) is 0.191. The van der Waals surface area contributed by atoms with E-state index in [1.165, 1.54) is 25.5 Å². The molecule has 0 aliphatic heterocycles. The Bertz CT molecular complexity index is 595. The van der Waals surface area contributed by atoms with E-state index in [4.69, 9.17) is 5.73 Å². The first kappa shape index (κ1) is 11.9. The lowest BCUT2D eigenvalue weighted by atomic mass is 10.0. The van der Waals surface area contributed by atoms with Gasteiger partial charge in [-0.1, -0.05) is 0 Å². The summed E-state index contributed by atoms with van der Waals surface area (Å²) in [5.74, 6) is 2.66. The van der Waals surface area contributed by atoms with E-state index < -0.39 is 10.0 Å². The van der Waals surface area contributed by atoms with Crippen molar-refractivity contribution in [2.24, 2.45) is 29.4 Å². The van der Waals surface area contributed by atoms with Crippen LogP contribution in [0.5, 0.6) is 0 Å². The van der Waals surface area contributed by atoms with Crippen molar-refractivity contribution >= 4 is 10.0 Å². The third-order valence-corrected chi connectivity index (χ3v) is 6.67. The van der Waals surface area contributed by atoms with Crippen LogP contribution in [0.1, 0.15) is 24.8 Å². The van der Waals surface area contributed by atoms with Gasteiger partial charge in [-0.15, -0.1) is 0 Å². The molecule has 1 aromatic rings. The van der Waals surface area contributed by atoms with Crippen LogP contribution in [0.2, 0.25) is 0 Å². The van der Waals surface area contributed by atoms with E-state index in [-0.39, 0.29) is 17.6 Å². The lowest BCUT2D eigenvalue weighted by Crippen LogP contribution is -2.31. The molecule has 3 aliphatic rings. The first-order valence-corrected chi connectivity index (χ1v) is 8.35. The van der Waals surface area contributed by atoms with Gasteiger partial charge in [0.25, 0.3) is 10.0 Å². The van der Waals surface area contributed by atoms with Crippen LogP contribution in [-0.2, 0) is 16.6 Å². The fourth-order valence-electron chi connectivity index (χ4n) is 4.40. The van der Waals surface area contributed by atoms with Crippen molar-refractivity contribution in [1.82, 2.24) is 14.9 Å². The topological polar surface area (TPSA) is 101 Å². The van der Waals surface area contributed by atoms with Gasteiger partial charge in [-0.25, -0.2) is 13.1 Å². The third-order valence-electron chi connectivity index (χ3n) is 5.19. The summed E-state index contributed by atoms with van der Waals surface area (Å²) in [7, 11) is -3.51. The van der Waals surface area contributed by atoms with Crippen molar-refractivity contribution in [3.63, 3.8) is 0 Å². The SMILES string of the molecule is NCc1cn[nH]c1S(=O)(=O)NC1C2C3CCC(C3)C12. The van der Waals surface area contributed by atoms with Crippen LogP contribution in [0.25, 0.3) is 0 Å². The number of nitrogens with zero attached hydrogens (tertiary/aromatic N) is 1. The summed E-state index contributed by atoms with van der Waals surface area (Å²) in [6.45, 7) is 0.176. The molecule has 104 valence electrons. The number of hydrogen-bond donors (Lipinski definition) is 3. The molecular weight excluding hydrogens is 264 g/mol. The normalized spacial score (nSPS) is 39.5. The number of H-pyrrole nitrogens is 1. The molecule has 7 heteroatoms. The summed E-state index contributed by atoms with van der Waals surface area (Å²) in [5, 5.41) is 6.46. The Labute approximate surface area is 112 Å². The Morgan fingerprint density at radius 3 is 2.68 bits per heavy atom. The van der Waals surface area contributed by atoms with E-state index in [0.717, 1.165) is 11.8 Å². The number of hydrogen-bond acceptors (Lipinski definition) is 4. The molecule has 0 aromatic carbocycles. The average molecular weight is 282 g/mol. The molecule has 0 spiro atoms. The van der Waals surface area contributed by atoms with E-state index in [2.05, 4.69) is 14.9 Å². The van der Waals surface area contributed by atoms with Gasteiger partial charge in [0.05, 0.1) is 6.20 Å². The van der Waals surface area contributed by atoms with Crippen molar-refractivity contribution in [3.8, 4) is 0 Å². The second kappa shape index (κ2) is 3.80. The molecule has 4 rings (SSSR count). The Morgan fingerprint density at radius 1 is 1.37 bits per heavy atom. The van der Waals surface area contributed by atoms with E-state index in [0.29, 0.717) is 17.4 Å². The number of aromatic nitrogens is 2. The molecule has 4 atom stereocenters. The molecule has 3 aliphatic carbocycles. The van der Waals surface area contributed by atoms with Gasteiger partial charge in [-0.05, 0) is 42.9 Å². The largest absolute Gasteiger partial charge is 0.326 e. The molecule has 0 amide bonds. The van der Waals surface area contributed by atoms with Crippen LogP contribution in [0.4, 0.5) is 0 Å². The van der Waals surface area contributed by atoms with E-state index in [1.54, 1.807) is 0 Å². The fraction of sp³-hybridized carbons (Fsp3) is 0.750. The molecule has 19 heavy (non-hydrogen) atoms. The maximum absolute atomic E-state index is 12.4. The summed E-state index contributed by atoms with van der Waals surface area (Å²) >= 11 is 0. The summed E-state index contributed by atoms with van der Waals surface area (Å²) in [6.07, 6.45) is 5.35. The number of rotatable bonds is 4. The monoisotopic (exact) mass is 282 g/mol. The van der Waals surface area contributed by atoms with Crippen molar-refractivity contribution in [3.05, 3.63) is 11.8 Å². The Hall–Kier alpha value is -0.920. The number of aromatic amines is 1. The maximum Gasteiger partial charge on any atom is 0.258 e. The van der Waals surface area contributed by atoms with Gasteiger partial charge in [0, 0.05) is 18.2 Å². The second-order valence-corrected chi connectivity index (χ2v) is 7.71. The number of sulfonamides is 1. The van der Waals surface area contributed by atoms with Crippen LogP contribution in [0, 0.1) is 23.7 Å². The fourth-order valence-corrected chi connectivity index (χ4v) is 5.84. The highest BCUT2D eigenvalue weighted by Crippen LogP contribution is 2.65. The molecule has 1 heterocycles. The van der Waals surface area contributed by atoms with Crippen molar-refractivity contribution in [2.75, 3.05) is 0 Å². The Kier molecular flexibility index (Phi) is 2.38. The van der Waals surface area contributed by atoms with Crippen molar-refractivity contribution in [1.29, 1.82) is 0 Å².